The van der Waals surface area contributed by atoms with Crippen LogP contribution in [0.2, 0.25) is 0 Å². The van der Waals surface area contributed by atoms with E-state index in [1.54, 1.807) is 6.20 Å². The Morgan fingerprint density at radius 3 is 2.33 bits per heavy atom. The highest BCUT2D eigenvalue weighted by Crippen LogP contribution is 2.21. The minimum atomic E-state index is -0.166. The topological polar surface area (TPSA) is 46.9 Å². The lowest BCUT2D eigenvalue weighted by Gasteiger charge is -2.09. The van der Waals surface area contributed by atoms with Crippen molar-refractivity contribution in [1.82, 2.24) is 9.78 Å². The van der Waals surface area contributed by atoms with Crippen molar-refractivity contribution in [2.45, 2.75) is 13.5 Å². The quantitative estimate of drug-likeness (QED) is 0.351. The van der Waals surface area contributed by atoms with Gasteiger partial charge < -0.3 is 5.32 Å². The molecule has 1 amide bonds. The summed E-state index contributed by atoms with van der Waals surface area (Å²) in [6.45, 7) is 2.75. The van der Waals surface area contributed by atoms with Crippen molar-refractivity contribution in [3.8, 4) is 0 Å². The van der Waals surface area contributed by atoms with Crippen molar-refractivity contribution < 1.29 is 4.79 Å². The van der Waals surface area contributed by atoms with Crippen LogP contribution in [0, 0.1) is 6.92 Å². The lowest BCUT2D eigenvalue weighted by atomic mass is 10.0. The van der Waals surface area contributed by atoms with Crippen LogP contribution in [0.5, 0.6) is 0 Å². The summed E-state index contributed by atoms with van der Waals surface area (Å²) in [4.78, 5) is 13.1. The zero-order valence-electron chi connectivity index (χ0n) is 16.8. The molecule has 4 nitrogen and oxygen atoms in total. The summed E-state index contributed by atoms with van der Waals surface area (Å²) in [5, 5.41) is 7.40. The summed E-state index contributed by atoms with van der Waals surface area (Å²) in [6.07, 6.45) is 5.44. The number of hydrogen-bond donors (Lipinski definition) is 1. The summed E-state index contributed by atoms with van der Waals surface area (Å²) >= 11 is 0. The third-order valence-corrected chi connectivity index (χ3v) is 4.92. The molecule has 148 valence electrons. The van der Waals surface area contributed by atoms with E-state index < -0.39 is 0 Å². The first kappa shape index (κ1) is 19.4. The van der Waals surface area contributed by atoms with Crippen LogP contribution >= 0.6 is 0 Å². The highest BCUT2D eigenvalue weighted by atomic mass is 16.1. The Morgan fingerprint density at radius 2 is 1.60 bits per heavy atom. The van der Waals surface area contributed by atoms with Gasteiger partial charge in [-0.15, -0.1) is 0 Å². The van der Waals surface area contributed by atoms with Gasteiger partial charge in [-0.2, -0.15) is 5.10 Å². The number of nitrogens with zero attached hydrogens (tertiary/aromatic N) is 2. The first-order chi connectivity index (χ1) is 14.7. The standard InChI is InChI=1S/C26H23N3O/c1-20-10-8-9-15-23(20)18-29-19-24(17-27-29)28-26(30)25(22-13-6-3-7-14-22)16-21-11-4-2-5-12-21/h2-17,19H,18H2,1H3,(H,28,30)/b25-16-. The second kappa shape index (κ2) is 9.05. The molecule has 0 radical (unpaired) electrons. The average molecular weight is 393 g/mol. The number of carbonyl (C=O) groups is 1. The van der Waals surface area contributed by atoms with Gasteiger partial charge in [0, 0.05) is 11.8 Å². The summed E-state index contributed by atoms with van der Waals surface area (Å²) in [6, 6.07) is 27.8. The van der Waals surface area contributed by atoms with E-state index in [1.165, 1.54) is 11.1 Å². The van der Waals surface area contributed by atoms with Gasteiger partial charge in [-0.3, -0.25) is 9.48 Å². The fourth-order valence-electron chi connectivity index (χ4n) is 3.29. The Labute approximate surface area is 176 Å². The van der Waals surface area contributed by atoms with Gasteiger partial charge in [0.15, 0.2) is 0 Å². The second-order valence-corrected chi connectivity index (χ2v) is 7.14. The van der Waals surface area contributed by atoms with Crippen LogP contribution in [0.4, 0.5) is 5.69 Å². The molecular formula is C26H23N3O. The fourth-order valence-corrected chi connectivity index (χ4v) is 3.29. The predicted octanol–water partition coefficient (Wildman–Crippen LogP) is 5.42. The van der Waals surface area contributed by atoms with Crippen LogP contribution in [0.15, 0.2) is 97.3 Å². The average Bonchev–Trinajstić information content (AvgIpc) is 3.21. The Bertz CT molecular complexity index is 1160. The molecule has 0 aliphatic rings. The Balaban J connectivity index is 1.55. The molecule has 0 saturated heterocycles. The number of benzene rings is 3. The van der Waals surface area contributed by atoms with Crippen LogP contribution in [0.25, 0.3) is 11.6 Å². The van der Waals surface area contributed by atoms with E-state index in [-0.39, 0.29) is 5.91 Å². The van der Waals surface area contributed by atoms with E-state index in [0.29, 0.717) is 17.8 Å². The van der Waals surface area contributed by atoms with Crippen LogP contribution in [-0.2, 0) is 11.3 Å². The second-order valence-electron chi connectivity index (χ2n) is 7.14. The maximum absolute atomic E-state index is 13.1. The molecule has 4 heteroatoms. The third-order valence-electron chi connectivity index (χ3n) is 4.92. The molecule has 0 bridgehead atoms. The Kier molecular flexibility index (Phi) is 5.85. The molecule has 1 N–H and O–H groups in total. The van der Waals surface area contributed by atoms with Crippen LogP contribution in [-0.4, -0.2) is 15.7 Å². The van der Waals surface area contributed by atoms with Crippen molar-refractivity contribution in [2.24, 2.45) is 0 Å². The number of rotatable bonds is 6. The SMILES string of the molecule is Cc1ccccc1Cn1cc(NC(=O)/C(=C\c2ccccc2)c2ccccc2)cn1. The maximum Gasteiger partial charge on any atom is 0.256 e. The fraction of sp³-hybridized carbons (Fsp3) is 0.0769. The maximum atomic E-state index is 13.1. The molecule has 0 aliphatic heterocycles. The van der Waals surface area contributed by atoms with Gasteiger partial charge in [0.1, 0.15) is 0 Å². The lowest BCUT2D eigenvalue weighted by Crippen LogP contribution is -2.13. The normalized spacial score (nSPS) is 11.3. The zero-order valence-corrected chi connectivity index (χ0v) is 16.8. The molecule has 0 saturated carbocycles. The Hall–Kier alpha value is -3.92. The highest BCUT2D eigenvalue weighted by Gasteiger charge is 2.13. The van der Waals surface area contributed by atoms with E-state index in [0.717, 1.165) is 11.1 Å². The van der Waals surface area contributed by atoms with Gasteiger partial charge in [-0.05, 0) is 35.3 Å². The van der Waals surface area contributed by atoms with Crippen LogP contribution < -0.4 is 5.32 Å². The summed E-state index contributed by atoms with van der Waals surface area (Å²) in [7, 11) is 0. The zero-order chi connectivity index (χ0) is 20.8. The first-order valence-electron chi connectivity index (χ1n) is 9.89. The van der Waals surface area contributed by atoms with Crippen molar-refractivity contribution >= 4 is 23.2 Å². The van der Waals surface area contributed by atoms with E-state index in [2.05, 4.69) is 29.5 Å². The van der Waals surface area contributed by atoms with Crippen molar-refractivity contribution in [2.75, 3.05) is 5.32 Å². The molecule has 30 heavy (non-hydrogen) atoms. The monoisotopic (exact) mass is 393 g/mol. The number of anilines is 1. The van der Waals surface area contributed by atoms with Crippen LogP contribution in [0.1, 0.15) is 22.3 Å². The molecule has 0 atom stereocenters. The third kappa shape index (κ3) is 4.73. The van der Waals surface area contributed by atoms with Gasteiger partial charge in [-0.1, -0.05) is 84.9 Å². The predicted molar refractivity (Wildman–Crippen MR) is 122 cm³/mol. The molecule has 0 aliphatic carbocycles. The molecule has 3 aromatic carbocycles. The Morgan fingerprint density at radius 1 is 0.933 bits per heavy atom. The first-order valence-corrected chi connectivity index (χ1v) is 9.89. The lowest BCUT2D eigenvalue weighted by molar-refractivity contribution is -0.111. The highest BCUT2D eigenvalue weighted by molar-refractivity contribution is 6.29. The van der Waals surface area contributed by atoms with Gasteiger partial charge >= 0.3 is 0 Å². The molecule has 4 rings (SSSR count). The minimum absolute atomic E-state index is 0.166. The van der Waals surface area contributed by atoms with Crippen molar-refractivity contribution in [1.29, 1.82) is 0 Å². The molecule has 0 spiro atoms. The smallest absolute Gasteiger partial charge is 0.256 e. The van der Waals surface area contributed by atoms with Gasteiger partial charge in [0.25, 0.3) is 5.91 Å². The van der Waals surface area contributed by atoms with Gasteiger partial charge in [-0.25, -0.2) is 0 Å². The number of aromatic nitrogens is 2. The van der Waals surface area contributed by atoms with Gasteiger partial charge in [0.2, 0.25) is 0 Å². The van der Waals surface area contributed by atoms with E-state index in [4.69, 9.17) is 0 Å². The van der Waals surface area contributed by atoms with Crippen molar-refractivity contribution in [3.63, 3.8) is 0 Å². The van der Waals surface area contributed by atoms with Crippen molar-refractivity contribution in [3.05, 3.63) is 120 Å². The largest absolute Gasteiger partial charge is 0.319 e. The molecule has 4 aromatic rings. The molecule has 1 aromatic heterocycles. The van der Waals surface area contributed by atoms with Gasteiger partial charge in [0.05, 0.1) is 18.4 Å². The molecule has 1 heterocycles. The number of hydrogen-bond acceptors (Lipinski definition) is 2. The van der Waals surface area contributed by atoms with E-state index in [9.17, 15) is 4.79 Å². The summed E-state index contributed by atoms with van der Waals surface area (Å²) in [5.41, 5.74) is 5.54. The number of carbonyl (C=O) groups excluding carboxylic acids is 1. The molecule has 0 unspecified atom stereocenters. The molecule has 0 fully saturated rings. The van der Waals surface area contributed by atoms with E-state index in [1.807, 2.05) is 89.8 Å². The molecular weight excluding hydrogens is 370 g/mol. The van der Waals surface area contributed by atoms with E-state index >= 15 is 0 Å². The van der Waals surface area contributed by atoms with Crippen LogP contribution in [0.3, 0.4) is 0 Å². The number of nitrogens with one attached hydrogen (secondary N) is 1. The summed E-state index contributed by atoms with van der Waals surface area (Å²) in [5.74, 6) is -0.166. The minimum Gasteiger partial charge on any atom is -0.319 e. The number of amides is 1. The summed E-state index contributed by atoms with van der Waals surface area (Å²) < 4.78 is 1.83. The number of aryl methyl sites for hydroxylation is 1.